The van der Waals surface area contributed by atoms with Gasteiger partial charge in [-0.3, -0.25) is 15.1 Å². The highest BCUT2D eigenvalue weighted by Crippen LogP contribution is 2.35. The van der Waals surface area contributed by atoms with Gasteiger partial charge in [0.1, 0.15) is 11.4 Å². The minimum Gasteiger partial charge on any atom is -0.353 e. The number of aromatic amines is 2. The van der Waals surface area contributed by atoms with E-state index in [1.165, 1.54) is 6.07 Å². The first-order chi connectivity index (χ1) is 12.8. The van der Waals surface area contributed by atoms with Crippen LogP contribution in [0.25, 0.3) is 44.1 Å². The first-order valence-electron chi connectivity index (χ1n) is 7.97. The van der Waals surface area contributed by atoms with Crippen LogP contribution >= 0.6 is 11.3 Å². The third kappa shape index (κ3) is 2.49. The van der Waals surface area contributed by atoms with E-state index < -0.39 is 0 Å². The van der Waals surface area contributed by atoms with Gasteiger partial charge >= 0.3 is 0 Å². The van der Waals surface area contributed by atoms with Crippen LogP contribution in [0.1, 0.15) is 0 Å². The maximum absolute atomic E-state index is 13.4. The van der Waals surface area contributed by atoms with Crippen LogP contribution in [0.4, 0.5) is 4.39 Å². The number of nitrogens with zero attached hydrogens (tertiary/aromatic N) is 3. The molecular formula is C19H12FN5S. The third-order valence-corrected chi connectivity index (χ3v) is 5.10. The van der Waals surface area contributed by atoms with Crippen molar-refractivity contribution in [3.63, 3.8) is 0 Å². The molecule has 0 radical (unpaired) electrons. The van der Waals surface area contributed by atoms with E-state index in [9.17, 15) is 4.39 Å². The lowest BCUT2D eigenvalue weighted by Gasteiger charge is -1.98. The number of thiophene rings is 1. The van der Waals surface area contributed by atoms with Crippen LogP contribution in [-0.2, 0) is 0 Å². The Labute approximate surface area is 151 Å². The first kappa shape index (κ1) is 15.0. The predicted molar refractivity (Wildman–Crippen MR) is 100 cm³/mol. The van der Waals surface area contributed by atoms with E-state index in [1.54, 1.807) is 18.6 Å². The fourth-order valence-electron chi connectivity index (χ4n) is 3.00. The number of rotatable bonds is 3. The molecule has 126 valence electrons. The summed E-state index contributed by atoms with van der Waals surface area (Å²) in [5.74, 6) is 0. The number of nitrogens with one attached hydrogen (secondary N) is 2. The molecule has 4 heterocycles. The van der Waals surface area contributed by atoms with E-state index >= 15 is 0 Å². The molecule has 1 aromatic carbocycles. The van der Waals surface area contributed by atoms with E-state index in [4.69, 9.17) is 0 Å². The molecule has 0 atom stereocenters. The Bertz CT molecular complexity index is 1210. The smallest absolute Gasteiger partial charge is 0.176 e. The monoisotopic (exact) mass is 361 g/mol. The molecule has 0 spiro atoms. The van der Waals surface area contributed by atoms with E-state index in [1.807, 2.05) is 36.4 Å². The minimum atomic E-state index is -0.186. The Morgan fingerprint density at radius 2 is 1.92 bits per heavy atom. The number of benzene rings is 1. The number of aromatic nitrogens is 5. The second-order valence-corrected chi connectivity index (χ2v) is 6.85. The number of hydrogen-bond donors (Lipinski definition) is 2. The summed E-state index contributed by atoms with van der Waals surface area (Å²) in [7, 11) is 0. The molecule has 0 unspecified atom stereocenters. The van der Waals surface area contributed by atoms with E-state index in [2.05, 4.69) is 25.1 Å². The van der Waals surface area contributed by atoms with Crippen LogP contribution in [0, 0.1) is 5.13 Å². The zero-order chi connectivity index (χ0) is 17.5. The molecule has 0 aliphatic carbocycles. The topological polar surface area (TPSA) is 70.2 Å². The minimum absolute atomic E-state index is 0.186. The average molecular weight is 361 g/mol. The summed E-state index contributed by atoms with van der Waals surface area (Å²) >= 11 is 1.14. The van der Waals surface area contributed by atoms with Gasteiger partial charge in [0.25, 0.3) is 0 Å². The highest BCUT2D eigenvalue weighted by molar-refractivity contribution is 7.14. The maximum Gasteiger partial charge on any atom is 0.176 e. The molecule has 5 nitrogen and oxygen atoms in total. The van der Waals surface area contributed by atoms with Crippen molar-refractivity contribution in [1.82, 2.24) is 25.1 Å². The summed E-state index contributed by atoms with van der Waals surface area (Å²) in [6.45, 7) is 0. The molecular weight excluding hydrogens is 349 g/mol. The SMILES string of the molecule is Fc1ccc(-c2cccc3[nH]c(-c4cc(-c5cnccn5)[nH]n4)cc23)s1. The summed E-state index contributed by atoms with van der Waals surface area (Å²) in [5, 5.41) is 8.23. The van der Waals surface area contributed by atoms with Gasteiger partial charge in [0.05, 0.1) is 17.6 Å². The van der Waals surface area contributed by atoms with Crippen molar-refractivity contribution in [2.75, 3.05) is 0 Å². The zero-order valence-corrected chi connectivity index (χ0v) is 14.2. The van der Waals surface area contributed by atoms with Gasteiger partial charge in [0, 0.05) is 33.7 Å². The molecule has 2 N–H and O–H groups in total. The van der Waals surface area contributed by atoms with Gasteiger partial charge in [-0.15, -0.1) is 11.3 Å². The van der Waals surface area contributed by atoms with Crippen LogP contribution in [0.5, 0.6) is 0 Å². The largest absolute Gasteiger partial charge is 0.353 e. The van der Waals surface area contributed by atoms with Crippen LogP contribution in [-0.4, -0.2) is 25.1 Å². The number of halogens is 1. The standard InChI is InChI=1S/C19H12FN5S/c20-19-5-4-18(26-19)11-2-1-3-13-12(11)8-14(23-13)15-9-16(25-24-15)17-10-21-6-7-22-17/h1-10,23H,(H,24,25). The summed E-state index contributed by atoms with van der Waals surface area (Å²) < 4.78 is 13.4. The second-order valence-electron chi connectivity index (χ2n) is 5.81. The van der Waals surface area contributed by atoms with Gasteiger partial charge < -0.3 is 4.98 Å². The van der Waals surface area contributed by atoms with Gasteiger partial charge in [0.15, 0.2) is 5.13 Å². The van der Waals surface area contributed by atoms with Gasteiger partial charge in [-0.1, -0.05) is 12.1 Å². The number of H-pyrrole nitrogens is 2. The van der Waals surface area contributed by atoms with Crippen molar-refractivity contribution >= 4 is 22.2 Å². The van der Waals surface area contributed by atoms with Gasteiger partial charge in [-0.25, -0.2) is 0 Å². The molecule has 5 aromatic rings. The summed E-state index contributed by atoms with van der Waals surface area (Å²) in [5.41, 5.74) is 5.18. The molecule has 0 amide bonds. The molecule has 4 aromatic heterocycles. The van der Waals surface area contributed by atoms with Crippen LogP contribution < -0.4 is 0 Å². The molecule has 26 heavy (non-hydrogen) atoms. The second kappa shape index (κ2) is 5.89. The van der Waals surface area contributed by atoms with Crippen molar-refractivity contribution in [1.29, 1.82) is 0 Å². The lowest BCUT2D eigenvalue weighted by molar-refractivity contribution is 0.657. The van der Waals surface area contributed by atoms with E-state index in [0.717, 1.165) is 55.5 Å². The highest BCUT2D eigenvalue weighted by atomic mass is 32.1. The summed E-state index contributed by atoms with van der Waals surface area (Å²) in [6.07, 6.45) is 4.96. The lowest BCUT2D eigenvalue weighted by atomic mass is 10.1. The fraction of sp³-hybridized carbons (Fsp3) is 0. The van der Waals surface area contributed by atoms with Crippen LogP contribution in [0.2, 0.25) is 0 Å². The number of hydrogen-bond acceptors (Lipinski definition) is 4. The lowest BCUT2D eigenvalue weighted by Crippen LogP contribution is -1.83. The van der Waals surface area contributed by atoms with Gasteiger partial charge in [-0.05, 0) is 30.3 Å². The van der Waals surface area contributed by atoms with Gasteiger partial charge in [-0.2, -0.15) is 9.49 Å². The van der Waals surface area contributed by atoms with Crippen molar-refractivity contribution < 1.29 is 4.39 Å². The molecule has 0 aliphatic rings. The maximum atomic E-state index is 13.4. The first-order valence-corrected chi connectivity index (χ1v) is 8.79. The summed E-state index contributed by atoms with van der Waals surface area (Å²) in [6, 6.07) is 13.2. The van der Waals surface area contributed by atoms with E-state index in [-0.39, 0.29) is 5.13 Å². The Kier molecular flexibility index (Phi) is 3.39. The Balaban J connectivity index is 1.60. The fourth-order valence-corrected chi connectivity index (χ4v) is 3.77. The van der Waals surface area contributed by atoms with Gasteiger partial charge in [0.2, 0.25) is 0 Å². The molecule has 7 heteroatoms. The molecule has 5 rings (SSSR count). The van der Waals surface area contributed by atoms with Crippen molar-refractivity contribution in [2.45, 2.75) is 0 Å². The molecule has 0 bridgehead atoms. The Morgan fingerprint density at radius 1 is 0.962 bits per heavy atom. The third-order valence-electron chi connectivity index (χ3n) is 4.20. The van der Waals surface area contributed by atoms with Crippen LogP contribution in [0.3, 0.4) is 0 Å². The Hall–Kier alpha value is -3.32. The molecule has 0 saturated carbocycles. The van der Waals surface area contributed by atoms with Crippen molar-refractivity contribution in [3.05, 3.63) is 66.2 Å². The Morgan fingerprint density at radius 3 is 2.73 bits per heavy atom. The zero-order valence-electron chi connectivity index (χ0n) is 13.4. The molecule has 0 saturated heterocycles. The van der Waals surface area contributed by atoms with E-state index in [0.29, 0.717) is 0 Å². The predicted octanol–water partition coefficient (Wildman–Crippen LogP) is 4.88. The van der Waals surface area contributed by atoms with Crippen molar-refractivity contribution in [3.8, 4) is 33.2 Å². The van der Waals surface area contributed by atoms with Crippen molar-refractivity contribution in [2.24, 2.45) is 0 Å². The van der Waals surface area contributed by atoms with Crippen LogP contribution in [0.15, 0.2) is 61.1 Å². The number of fused-ring (bicyclic) bond motifs is 1. The molecule has 0 fully saturated rings. The summed E-state index contributed by atoms with van der Waals surface area (Å²) in [4.78, 5) is 12.6. The normalized spacial score (nSPS) is 11.3. The average Bonchev–Trinajstić information content (AvgIpc) is 3.40. The molecule has 0 aliphatic heterocycles. The highest BCUT2D eigenvalue weighted by Gasteiger charge is 2.13. The quantitative estimate of drug-likeness (QED) is 0.481.